The van der Waals surface area contributed by atoms with Crippen molar-refractivity contribution in [2.45, 2.75) is 6.92 Å². The number of fused-ring (bicyclic) bond motifs is 1. The van der Waals surface area contributed by atoms with E-state index < -0.39 is 0 Å². The lowest BCUT2D eigenvalue weighted by molar-refractivity contribution is 0.104. The number of aryl methyl sites for hydroxylation is 1. The van der Waals surface area contributed by atoms with E-state index in [1.54, 1.807) is 4.52 Å². The normalized spacial score (nSPS) is 10.9. The lowest BCUT2D eigenvalue weighted by Crippen LogP contribution is -2.02. The fourth-order valence-electron chi connectivity index (χ4n) is 2.87. The first-order valence-corrected chi connectivity index (χ1v) is 7.88. The zero-order valence-electron chi connectivity index (χ0n) is 13.3. The van der Waals surface area contributed by atoms with Crippen LogP contribution in [0, 0.1) is 6.92 Å². The fraction of sp³-hybridized carbons (Fsp3) is 0.0476. The van der Waals surface area contributed by atoms with E-state index >= 15 is 0 Å². The van der Waals surface area contributed by atoms with Crippen LogP contribution in [-0.2, 0) is 0 Å². The van der Waals surface area contributed by atoms with Crippen molar-refractivity contribution in [1.29, 1.82) is 0 Å². The minimum atomic E-state index is -0.00458. The van der Waals surface area contributed by atoms with E-state index in [1.807, 2.05) is 85.9 Å². The van der Waals surface area contributed by atoms with Crippen molar-refractivity contribution in [3.63, 3.8) is 0 Å². The summed E-state index contributed by atoms with van der Waals surface area (Å²) in [4.78, 5) is 13.2. The first kappa shape index (κ1) is 14.4. The highest BCUT2D eigenvalue weighted by Gasteiger charge is 2.21. The highest BCUT2D eigenvalue weighted by Crippen LogP contribution is 2.28. The van der Waals surface area contributed by atoms with Gasteiger partial charge < -0.3 is 0 Å². The van der Waals surface area contributed by atoms with Crippen LogP contribution in [0.5, 0.6) is 0 Å². The molecule has 2 aromatic carbocycles. The van der Waals surface area contributed by atoms with Crippen LogP contribution in [0.1, 0.15) is 21.5 Å². The highest BCUT2D eigenvalue weighted by atomic mass is 16.1. The van der Waals surface area contributed by atoms with E-state index in [0.29, 0.717) is 16.8 Å². The van der Waals surface area contributed by atoms with Gasteiger partial charge in [0.15, 0.2) is 5.78 Å². The van der Waals surface area contributed by atoms with Gasteiger partial charge in [0, 0.05) is 17.3 Å². The van der Waals surface area contributed by atoms with Gasteiger partial charge in [-0.25, -0.2) is 4.52 Å². The molecule has 2 heterocycles. The van der Waals surface area contributed by atoms with E-state index in [9.17, 15) is 4.79 Å². The summed E-state index contributed by atoms with van der Waals surface area (Å²) in [5, 5.41) is 4.64. The molecule has 0 spiro atoms. The molecule has 0 aliphatic carbocycles. The summed E-state index contributed by atoms with van der Waals surface area (Å²) in [7, 11) is 0. The van der Waals surface area contributed by atoms with Gasteiger partial charge in [0.2, 0.25) is 0 Å². The molecule has 0 fully saturated rings. The number of ketones is 1. The molecule has 0 aliphatic rings. The minimum Gasteiger partial charge on any atom is -0.288 e. The first-order valence-electron chi connectivity index (χ1n) is 7.88. The van der Waals surface area contributed by atoms with Gasteiger partial charge in [0.1, 0.15) is 5.69 Å². The Hall–Kier alpha value is -3.20. The minimum absolute atomic E-state index is 0.00458. The van der Waals surface area contributed by atoms with Gasteiger partial charge in [-0.3, -0.25) is 4.79 Å². The van der Waals surface area contributed by atoms with Gasteiger partial charge in [-0.15, -0.1) is 0 Å². The van der Waals surface area contributed by atoms with Crippen LogP contribution >= 0.6 is 0 Å². The van der Waals surface area contributed by atoms with E-state index in [0.717, 1.165) is 16.6 Å². The second-order valence-corrected chi connectivity index (χ2v) is 5.82. The number of aromatic nitrogens is 2. The Balaban J connectivity index is 1.96. The Bertz CT molecular complexity index is 1010. The fourth-order valence-corrected chi connectivity index (χ4v) is 2.87. The summed E-state index contributed by atoms with van der Waals surface area (Å²) in [6.45, 7) is 2.01. The van der Waals surface area contributed by atoms with Crippen LogP contribution < -0.4 is 0 Å². The number of pyridine rings is 1. The van der Waals surface area contributed by atoms with Crippen molar-refractivity contribution < 1.29 is 4.79 Å². The van der Waals surface area contributed by atoms with Crippen LogP contribution in [0.3, 0.4) is 0 Å². The molecule has 4 aromatic rings. The molecular weight excluding hydrogens is 296 g/mol. The van der Waals surface area contributed by atoms with Crippen molar-refractivity contribution in [1.82, 2.24) is 9.61 Å². The largest absolute Gasteiger partial charge is 0.288 e. The van der Waals surface area contributed by atoms with Crippen molar-refractivity contribution in [3.8, 4) is 11.3 Å². The lowest BCUT2D eigenvalue weighted by Gasteiger charge is -2.04. The molecule has 116 valence electrons. The molecule has 0 saturated heterocycles. The van der Waals surface area contributed by atoms with Gasteiger partial charge in [-0.1, -0.05) is 66.2 Å². The number of benzene rings is 2. The summed E-state index contributed by atoms with van der Waals surface area (Å²) in [6.07, 6.45) is 1.87. The third-order valence-electron chi connectivity index (χ3n) is 4.13. The number of hydrogen-bond acceptors (Lipinski definition) is 2. The second-order valence-electron chi connectivity index (χ2n) is 5.82. The standard InChI is InChI=1S/C21H16N2O/c1-15-10-12-17(13-11-15)21(24)19-18-9-5-6-14-23(18)22-20(19)16-7-3-2-4-8-16/h2-14H,1H3. The molecule has 3 nitrogen and oxygen atoms in total. The Kier molecular flexibility index (Phi) is 3.47. The molecule has 0 bridgehead atoms. The molecular formula is C21H16N2O. The van der Waals surface area contributed by atoms with Crippen molar-refractivity contribution in [3.05, 3.63) is 95.7 Å². The number of carbonyl (C=O) groups excluding carboxylic acids is 1. The zero-order chi connectivity index (χ0) is 16.5. The molecule has 0 atom stereocenters. The van der Waals surface area contributed by atoms with Crippen LogP contribution in [0.2, 0.25) is 0 Å². The lowest BCUT2D eigenvalue weighted by atomic mass is 9.98. The quantitative estimate of drug-likeness (QED) is 0.520. The van der Waals surface area contributed by atoms with E-state index in [1.165, 1.54) is 0 Å². The molecule has 0 amide bonds. The number of nitrogens with zero attached hydrogens (tertiary/aromatic N) is 2. The molecule has 0 aliphatic heterocycles. The van der Waals surface area contributed by atoms with Crippen LogP contribution in [0.25, 0.3) is 16.8 Å². The Labute approximate surface area is 140 Å². The maximum atomic E-state index is 13.2. The average Bonchev–Trinajstić information content (AvgIpc) is 3.02. The topological polar surface area (TPSA) is 34.4 Å². The van der Waals surface area contributed by atoms with Crippen molar-refractivity contribution in [2.75, 3.05) is 0 Å². The predicted molar refractivity (Wildman–Crippen MR) is 95.2 cm³/mol. The Morgan fingerprint density at radius 1 is 0.875 bits per heavy atom. The van der Waals surface area contributed by atoms with E-state index in [4.69, 9.17) is 0 Å². The van der Waals surface area contributed by atoms with Gasteiger partial charge >= 0.3 is 0 Å². The molecule has 0 radical (unpaired) electrons. The predicted octanol–water partition coefficient (Wildman–Crippen LogP) is 4.54. The van der Waals surface area contributed by atoms with Crippen molar-refractivity contribution >= 4 is 11.3 Å². The van der Waals surface area contributed by atoms with Gasteiger partial charge in [-0.05, 0) is 19.1 Å². The summed E-state index contributed by atoms with van der Waals surface area (Å²) < 4.78 is 1.77. The molecule has 0 unspecified atom stereocenters. The van der Waals surface area contributed by atoms with E-state index in [2.05, 4.69) is 5.10 Å². The maximum absolute atomic E-state index is 13.2. The average molecular weight is 312 g/mol. The molecule has 24 heavy (non-hydrogen) atoms. The van der Waals surface area contributed by atoms with Crippen molar-refractivity contribution in [2.24, 2.45) is 0 Å². The van der Waals surface area contributed by atoms with Gasteiger partial charge in [0.25, 0.3) is 0 Å². The summed E-state index contributed by atoms with van der Waals surface area (Å²) in [5.41, 5.74) is 4.93. The van der Waals surface area contributed by atoms with Crippen LogP contribution in [-0.4, -0.2) is 15.4 Å². The van der Waals surface area contributed by atoms with Gasteiger partial charge in [-0.2, -0.15) is 5.10 Å². The third-order valence-corrected chi connectivity index (χ3v) is 4.13. The van der Waals surface area contributed by atoms with Gasteiger partial charge in [0.05, 0.1) is 11.1 Å². The second kappa shape index (κ2) is 5.78. The number of hydrogen-bond donors (Lipinski definition) is 0. The number of rotatable bonds is 3. The van der Waals surface area contributed by atoms with Crippen LogP contribution in [0.15, 0.2) is 79.0 Å². The Morgan fingerprint density at radius 2 is 1.58 bits per heavy atom. The highest BCUT2D eigenvalue weighted by molar-refractivity contribution is 6.16. The summed E-state index contributed by atoms with van der Waals surface area (Å²) in [5.74, 6) is -0.00458. The number of carbonyl (C=O) groups is 1. The molecule has 0 N–H and O–H groups in total. The monoisotopic (exact) mass is 312 g/mol. The molecule has 4 rings (SSSR count). The summed E-state index contributed by atoms with van der Waals surface area (Å²) in [6, 6.07) is 23.3. The Morgan fingerprint density at radius 3 is 2.33 bits per heavy atom. The zero-order valence-corrected chi connectivity index (χ0v) is 13.3. The molecule has 0 saturated carbocycles. The first-order chi connectivity index (χ1) is 11.7. The third kappa shape index (κ3) is 2.40. The van der Waals surface area contributed by atoms with E-state index in [-0.39, 0.29) is 5.78 Å². The molecule has 2 aromatic heterocycles. The summed E-state index contributed by atoms with van der Waals surface area (Å²) >= 11 is 0. The van der Waals surface area contributed by atoms with Crippen LogP contribution in [0.4, 0.5) is 0 Å². The maximum Gasteiger partial charge on any atom is 0.197 e. The molecule has 3 heteroatoms. The smallest absolute Gasteiger partial charge is 0.197 e. The SMILES string of the molecule is Cc1ccc(C(=O)c2c(-c3ccccc3)nn3ccccc23)cc1.